The number of hydrogen-bond donors (Lipinski definition) is 2. The second-order valence-electron chi connectivity index (χ2n) is 3.80. The van der Waals surface area contributed by atoms with Crippen LogP contribution in [0.3, 0.4) is 0 Å². The van der Waals surface area contributed by atoms with E-state index >= 15 is 0 Å². The van der Waals surface area contributed by atoms with E-state index in [1.165, 1.54) is 0 Å². The summed E-state index contributed by atoms with van der Waals surface area (Å²) in [6.07, 6.45) is -4.07. The molecule has 0 aromatic carbocycles. The third-order valence-electron chi connectivity index (χ3n) is 2.03. The lowest BCUT2D eigenvalue weighted by Gasteiger charge is -2.11. The third-order valence-corrected chi connectivity index (χ3v) is 3.76. The van der Waals surface area contributed by atoms with Crippen molar-refractivity contribution in [1.29, 1.82) is 0 Å². The van der Waals surface area contributed by atoms with Gasteiger partial charge in [-0.15, -0.1) is 11.3 Å². The molecule has 0 aliphatic rings. The molecule has 1 aromatic heterocycles. The number of carbonyl (C=O) groups is 1. The molecule has 0 aliphatic heterocycles. The summed E-state index contributed by atoms with van der Waals surface area (Å²) in [6, 6.07) is -0.685. The zero-order valence-corrected chi connectivity index (χ0v) is 11.2. The molecule has 1 atom stereocenters. The van der Waals surface area contributed by atoms with Gasteiger partial charge in [-0.25, -0.2) is 13.1 Å². The first-order chi connectivity index (χ1) is 8.49. The largest absolute Gasteiger partial charge is 0.480 e. The Morgan fingerprint density at radius 1 is 1.53 bits per heavy atom. The summed E-state index contributed by atoms with van der Waals surface area (Å²) in [5.74, 6) is -1.45. The lowest BCUT2D eigenvalue weighted by atomic mass is 10.1. The average Bonchev–Trinajstić information content (AvgIpc) is 2.62. The highest BCUT2D eigenvalue weighted by atomic mass is 32.2. The summed E-state index contributed by atoms with van der Waals surface area (Å²) in [6.45, 7) is 0. The maximum atomic E-state index is 12.4. The van der Waals surface area contributed by atoms with E-state index in [-0.39, 0.29) is 12.0 Å². The van der Waals surface area contributed by atoms with Crippen molar-refractivity contribution in [3.8, 4) is 0 Å². The van der Waals surface area contributed by atoms with Crippen molar-refractivity contribution >= 4 is 27.3 Å². The van der Waals surface area contributed by atoms with Gasteiger partial charge in [0.15, 0.2) is 0 Å². The highest BCUT2D eigenvalue weighted by Gasteiger charge is 2.33. The maximum Gasteiger partial charge on any atom is 0.425 e. The number of halogens is 3. The molecule has 1 rings (SSSR count). The summed E-state index contributed by atoms with van der Waals surface area (Å²) < 4.78 is 60.8. The minimum absolute atomic E-state index is 0.112. The van der Waals surface area contributed by atoms with E-state index in [4.69, 9.17) is 5.11 Å². The molecule has 1 unspecified atom stereocenters. The third kappa shape index (κ3) is 5.17. The summed E-state index contributed by atoms with van der Waals surface area (Å²) in [5, 5.41) is 9.97. The molecule has 0 saturated carbocycles. The maximum absolute atomic E-state index is 12.4. The minimum Gasteiger partial charge on any atom is -0.480 e. The first-order valence-corrected chi connectivity index (χ1v) is 7.61. The molecular weight excluding hydrogens is 307 g/mol. The molecule has 0 fully saturated rings. The monoisotopic (exact) mass is 317 g/mol. The molecule has 1 aromatic rings. The van der Waals surface area contributed by atoms with Crippen molar-refractivity contribution in [3.63, 3.8) is 0 Å². The SMILES string of the molecule is CS(=O)(=O)NC(Cc1csc(C(F)(F)F)c1)C(=O)O. The van der Waals surface area contributed by atoms with Crippen LogP contribution in [0.2, 0.25) is 0 Å². The Kier molecular flexibility index (Phi) is 4.59. The Morgan fingerprint density at radius 3 is 2.47 bits per heavy atom. The minimum atomic E-state index is -4.49. The predicted octanol–water partition coefficient (Wildman–Crippen LogP) is 1.31. The van der Waals surface area contributed by atoms with Gasteiger partial charge in [-0.05, 0) is 17.0 Å². The topological polar surface area (TPSA) is 83.5 Å². The van der Waals surface area contributed by atoms with Gasteiger partial charge < -0.3 is 5.11 Å². The van der Waals surface area contributed by atoms with Gasteiger partial charge in [0.2, 0.25) is 10.0 Å². The molecule has 0 saturated heterocycles. The summed E-state index contributed by atoms with van der Waals surface area (Å²) in [7, 11) is -3.76. The van der Waals surface area contributed by atoms with Crippen molar-refractivity contribution in [3.05, 3.63) is 21.9 Å². The fourth-order valence-corrected chi connectivity index (χ4v) is 2.80. The molecule has 1 heterocycles. The fourth-order valence-electron chi connectivity index (χ4n) is 1.30. The lowest BCUT2D eigenvalue weighted by Crippen LogP contribution is -2.41. The number of alkyl halides is 3. The van der Waals surface area contributed by atoms with Crippen LogP contribution in [0, 0.1) is 0 Å². The standard InChI is InChI=1S/C9H10F3NO4S2/c1-19(16,17)13-6(8(14)15)2-5-3-7(18-4-5)9(10,11)12/h3-4,6,13H,2H2,1H3,(H,14,15). The number of hydrogen-bond acceptors (Lipinski definition) is 4. The molecular formula is C9H10F3NO4S2. The van der Waals surface area contributed by atoms with Crippen LogP contribution in [0.15, 0.2) is 11.4 Å². The van der Waals surface area contributed by atoms with Crippen molar-refractivity contribution in [2.45, 2.75) is 18.6 Å². The number of carboxylic acids is 1. The fraction of sp³-hybridized carbons (Fsp3) is 0.444. The molecule has 5 nitrogen and oxygen atoms in total. The van der Waals surface area contributed by atoms with E-state index in [1.807, 2.05) is 4.72 Å². The van der Waals surface area contributed by atoms with Crippen LogP contribution in [0.1, 0.15) is 10.4 Å². The van der Waals surface area contributed by atoms with Crippen LogP contribution in [-0.4, -0.2) is 31.8 Å². The zero-order valence-electron chi connectivity index (χ0n) is 9.56. The second kappa shape index (κ2) is 5.47. The Balaban J connectivity index is 2.86. The number of rotatable bonds is 5. The normalized spacial score (nSPS) is 14.3. The van der Waals surface area contributed by atoms with Gasteiger partial charge >= 0.3 is 12.1 Å². The van der Waals surface area contributed by atoms with Crippen LogP contribution in [-0.2, 0) is 27.4 Å². The van der Waals surface area contributed by atoms with Gasteiger partial charge in [-0.1, -0.05) is 0 Å². The summed E-state index contributed by atoms with van der Waals surface area (Å²) >= 11 is 0.433. The van der Waals surface area contributed by atoms with Crippen LogP contribution in [0.25, 0.3) is 0 Å². The van der Waals surface area contributed by atoms with Crippen molar-refractivity contribution < 1.29 is 31.5 Å². The van der Waals surface area contributed by atoms with Crippen LogP contribution >= 0.6 is 11.3 Å². The first-order valence-electron chi connectivity index (χ1n) is 4.84. The van der Waals surface area contributed by atoms with Gasteiger partial charge in [0.1, 0.15) is 10.9 Å². The molecule has 0 amide bonds. The Labute approximate surface area is 111 Å². The quantitative estimate of drug-likeness (QED) is 0.858. The number of aliphatic carboxylic acids is 1. The van der Waals surface area contributed by atoms with Gasteiger partial charge in [0.25, 0.3) is 0 Å². The average molecular weight is 317 g/mol. The molecule has 0 spiro atoms. The van der Waals surface area contributed by atoms with Crippen LogP contribution in [0.4, 0.5) is 13.2 Å². The van der Waals surface area contributed by atoms with Gasteiger partial charge in [0, 0.05) is 6.42 Å². The van der Waals surface area contributed by atoms with E-state index in [0.29, 0.717) is 11.3 Å². The van der Waals surface area contributed by atoms with Gasteiger partial charge in [-0.3, -0.25) is 4.79 Å². The smallest absolute Gasteiger partial charge is 0.425 e. The van der Waals surface area contributed by atoms with Crippen molar-refractivity contribution in [2.75, 3.05) is 6.26 Å². The molecule has 108 valence electrons. The molecule has 19 heavy (non-hydrogen) atoms. The molecule has 10 heteroatoms. The molecule has 2 N–H and O–H groups in total. The summed E-state index contributed by atoms with van der Waals surface area (Å²) in [4.78, 5) is 9.98. The van der Waals surface area contributed by atoms with Crippen molar-refractivity contribution in [1.82, 2.24) is 4.72 Å². The van der Waals surface area contributed by atoms with E-state index in [9.17, 15) is 26.4 Å². The van der Waals surface area contributed by atoms with E-state index in [2.05, 4.69) is 0 Å². The first kappa shape index (κ1) is 15.9. The number of sulfonamides is 1. The highest BCUT2D eigenvalue weighted by Crippen LogP contribution is 2.34. The Morgan fingerprint density at radius 2 is 2.11 bits per heavy atom. The molecule has 0 aliphatic carbocycles. The highest BCUT2D eigenvalue weighted by molar-refractivity contribution is 7.88. The number of thiophene rings is 1. The van der Waals surface area contributed by atoms with Gasteiger partial charge in [-0.2, -0.15) is 13.2 Å². The molecule has 0 radical (unpaired) electrons. The molecule has 0 bridgehead atoms. The van der Waals surface area contributed by atoms with Gasteiger partial charge in [0.05, 0.1) is 6.26 Å². The van der Waals surface area contributed by atoms with Crippen molar-refractivity contribution in [2.24, 2.45) is 0 Å². The van der Waals surface area contributed by atoms with E-state index in [0.717, 1.165) is 17.7 Å². The van der Waals surface area contributed by atoms with Crippen LogP contribution in [0.5, 0.6) is 0 Å². The van der Waals surface area contributed by atoms with E-state index < -0.39 is 33.1 Å². The summed E-state index contributed by atoms with van der Waals surface area (Å²) in [5.41, 5.74) is 0.112. The second-order valence-corrected chi connectivity index (χ2v) is 6.49. The zero-order chi connectivity index (χ0) is 14.8. The Hall–Kier alpha value is -1.13. The van der Waals surface area contributed by atoms with E-state index in [1.54, 1.807) is 0 Å². The Bertz CT molecular complexity index is 564. The lowest BCUT2D eigenvalue weighted by molar-refractivity contribution is -0.139. The number of carboxylic acid groups (broad SMARTS) is 1. The van der Waals surface area contributed by atoms with Crippen LogP contribution < -0.4 is 4.72 Å². The predicted molar refractivity (Wildman–Crippen MR) is 62.4 cm³/mol. The number of nitrogens with one attached hydrogen (secondary N) is 1.